The van der Waals surface area contributed by atoms with Gasteiger partial charge in [-0.15, -0.1) is 0 Å². The van der Waals surface area contributed by atoms with Crippen LogP contribution in [0.4, 0.5) is 0 Å². The third-order valence-corrected chi connectivity index (χ3v) is 3.52. The van der Waals surface area contributed by atoms with Crippen molar-refractivity contribution in [1.29, 1.82) is 0 Å². The van der Waals surface area contributed by atoms with Crippen LogP contribution in [-0.2, 0) is 0 Å². The smallest absolute Gasteiger partial charge is 0.161 e. The maximum atomic E-state index is 9.60. The first-order chi connectivity index (χ1) is 10.7. The summed E-state index contributed by atoms with van der Waals surface area (Å²) < 4.78 is 5.11. The molecule has 0 amide bonds. The molecule has 0 aliphatic heterocycles. The summed E-state index contributed by atoms with van der Waals surface area (Å²) in [5.41, 5.74) is 4.05. The molecule has 1 heterocycles. The zero-order valence-corrected chi connectivity index (χ0v) is 12.6. The molecule has 0 saturated heterocycles. The van der Waals surface area contributed by atoms with Crippen LogP contribution in [-0.4, -0.2) is 17.2 Å². The lowest BCUT2D eigenvalue weighted by Crippen LogP contribution is -1.85. The van der Waals surface area contributed by atoms with E-state index < -0.39 is 0 Å². The van der Waals surface area contributed by atoms with Gasteiger partial charge < -0.3 is 9.84 Å². The topological polar surface area (TPSA) is 42.4 Å². The van der Waals surface area contributed by atoms with E-state index in [0.29, 0.717) is 5.75 Å². The van der Waals surface area contributed by atoms with Crippen molar-refractivity contribution in [2.45, 2.75) is 6.92 Å². The van der Waals surface area contributed by atoms with Crippen LogP contribution >= 0.6 is 0 Å². The average molecular weight is 291 g/mol. The Kier molecular flexibility index (Phi) is 3.79. The quantitative estimate of drug-likeness (QED) is 0.776. The summed E-state index contributed by atoms with van der Waals surface area (Å²) >= 11 is 0. The van der Waals surface area contributed by atoms with Crippen LogP contribution in [0.2, 0.25) is 0 Å². The van der Waals surface area contributed by atoms with Gasteiger partial charge in [0.2, 0.25) is 0 Å². The van der Waals surface area contributed by atoms with Crippen molar-refractivity contribution < 1.29 is 9.84 Å². The Labute approximate surface area is 129 Å². The highest BCUT2D eigenvalue weighted by Gasteiger charge is 2.01. The average Bonchev–Trinajstić information content (AvgIpc) is 2.54. The minimum absolute atomic E-state index is 0.138. The largest absolute Gasteiger partial charge is 0.504 e. The molecule has 0 fully saturated rings. The molecular weight excluding hydrogens is 274 g/mol. The molecule has 1 N–H and O–H groups in total. The number of aromatic hydroxyl groups is 1. The van der Waals surface area contributed by atoms with Crippen LogP contribution in [0.3, 0.4) is 0 Å². The number of phenols is 1. The molecule has 0 spiro atoms. The SMILES string of the molecule is COc1cc(C=Cc2ccc3cc(C)ccc3n2)ccc1O. The summed E-state index contributed by atoms with van der Waals surface area (Å²) in [6, 6.07) is 15.5. The van der Waals surface area contributed by atoms with Gasteiger partial charge in [0.05, 0.1) is 18.3 Å². The predicted octanol–water partition coefficient (Wildman–Crippen LogP) is 4.43. The molecule has 0 unspecified atom stereocenters. The fourth-order valence-electron chi connectivity index (χ4n) is 2.33. The third-order valence-electron chi connectivity index (χ3n) is 3.52. The van der Waals surface area contributed by atoms with E-state index in [-0.39, 0.29) is 5.75 Å². The van der Waals surface area contributed by atoms with Crippen molar-refractivity contribution in [2.24, 2.45) is 0 Å². The van der Waals surface area contributed by atoms with Gasteiger partial charge in [-0.2, -0.15) is 0 Å². The normalized spacial score (nSPS) is 11.2. The zero-order valence-electron chi connectivity index (χ0n) is 12.6. The zero-order chi connectivity index (χ0) is 15.5. The van der Waals surface area contributed by atoms with E-state index in [1.807, 2.05) is 30.4 Å². The molecule has 3 rings (SSSR count). The van der Waals surface area contributed by atoms with E-state index in [0.717, 1.165) is 22.2 Å². The molecule has 0 atom stereocenters. The van der Waals surface area contributed by atoms with Gasteiger partial charge >= 0.3 is 0 Å². The van der Waals surface area contributed by atoms with Gasteiger partial charge in [0.15, 0.2) is 11.5 Å². The molecule has 0 aliphatic rings. The van der Waals surface area contributed by atoms with Crippen LogP contribution in [0.15, 0.2) is 48.5 Å². The van der Waals surface area contributed by atoms with Crippen molar-refractivity contribution in [3.8, 4) is 11.5 Å². The van der Waals surface area contributed by atoms with Crippen LogP contribution in [0.5, 0.6) is 11.5 Å². The second-order valence-electron chi connectivity index (χ2n) is 5.20. The number of benzene rings is 2. The lowest BCUT2D eigenvalue weighted by Gasteiger charge is -2.04. The standard InChI is InChI=1S/C19H17NO2/c1-13-3-9-17-15(11-13)6-8-16(20-17)7-4-14-5-10-18(21)19(12-14)22-2/h3-12,21H,1-2H3. The maximum Gasteiger partial charge on any atom is 0.161 e. The molecule has 3 aromatic rings. The number of aromatic nitrogens is 1. The van der Waals surface area contributed by atoms with Crippen LogP contribution in [0, 0.1) is 6.92 Å². The summed E-state index contributed by atoms with van der Waals surface area (Å²) in [5, 5.41) is 10.7. The highest BCUT2D eigenvalue weighted by atomic mass is 16.5. The van der Waals surface area contributed by atoms with Gasteiger partial charge in [-0.3, -0.25) is 0 Å². The minimum atomic E-state index is 0.138. The lowest BCUT2D eigenvalue weighted by atomic mass is 10.1. The fourth-order valence-corrected chi connectivity index (χ4v) is 2.33. The van der Waals surface area contributed by atoms with Gasteiger partial charge in [-0.05, 0) is 48.9 Å². The minimum Gasteiger partial charge on any atom is -0.504 e. The van der Waals surface area contributed by atoms with Crippen molar-refractivity contribution in [2.75, 3.05) is 7.11 Å². The van der Waals surface area contributed by atoms with Crippen molar-refractivity contribution >= 4 is 23.1 Å². The van der Waals surface area contributed by atoms with Gasteiger partial charge in [-0.1, -0.05) is 29.8 Å². The van der Waals surface area contributed by atoms with E-state index in [9.17, 15) is 5.11 Å². The van der Waals surface area contributed by atoms with E-state index in [2.05, 4.69) is 30.1 Å². The van der Waals surface area contributed by atoms with E-state index >= 15 is 0 Å². The Morgan fingerprint density at radius 2 is 1.86 bits per heavy atom. The number of ether oxygens (including phenoxy) is 1. The Bertz CT molecular complexity index is 853. The van der Waals surface area contributed by atoms with Gasteiger partial charge in [0.1, 0.15) is 0 Å². The number of nitrogens with zero attached hydrogens (tertiary/aromatic N) is 1. The fraction of sp³-hybridized carbons (Fsp3) is 0.105. The second-order valence-corrected chi connectivity index (χ2v) is 5.20. The second kappa shape index (κ2) is 5.90. The number of rotatable bonds is 3. The number of fused-ring (bicyclic) bond motifs is 1. The molecule has 3 nitrogen and oxygen atoms in total. The summed E-state index contributed by atoms with van der Waals surface area (Å²) in [7, 11) is 1.54. The molecule has 1 aromatic heterocycles. The molecule has 110 valence electrons. The summed E-state index contributed by atoms with van der Waals surface area (Å²) in [6.07, 6.45) is 3.90. The highest BCUT2D eigenvalue weighted by molar-refractivity contribution is 5.81. The monoisotopic (exact) mass is 291 g/mol. The van der Waals surface area contributed by atoms with E-state index in [1.54, 1.807) is 12.1 Å². The third kappa shape index (κ3) is 2.93. The number of methoxy groups -OCH3 is 1. The molecule has 2 aromatic carbocycles. The van der Waals surface area contributed by atoms with Gasteiger partial charge in [-0.25, -0.2) is 4.98 Å². The van der Waals surface area contributed by atoms with Crippen molar-refractivity contribution in [3.05, 3.63) is 65.4 Å². The lowest BCUT2D eigenvalue weighted by molar-refractivity contribution is 0.373. The molecular formula is C19H17NO2. The first kappa shape index (κ1) is 14.1. The number of phenolic OH excluding ortho intramolecular Hbond substituents is 1. The summed E-state index contributed by atoms with van der Waals surface area (Å²) in [4.78, 5) is 4.62. The summed E-state index contributed by atoms with van der Waals surface area (Å²) in [5.74, 6) is 0.600. The first-order valence-corrected chi connectivity index (χ1v) is 7.08. The molecule has 0 bridgehead atoms. The van der Waals surface area contributed by atoms with Crippen molar-refractivity contribution in [1.82, 2.24) is 4.98 Å². The Hall–Kier alpha value is -2.81. The number of pyridine rings is 1. The van der Waals surface area contributed by atoms with Gasteiger partial charge in [0.25, 0.3) is 0 Å². The Morgan fingerprint density at radius 3 is 2.68 bits per heavy atom. The molecule has 0 aliphatic carbocycles. The number of hydrogen-bond donors (Lipinski definition) is 1. The van der Waals surface area contributed by atoms with E-state index in [4.69, 9.17) is 4.74 Å². The van der Waals surface area contributed by atoms with Crippen LogP contribution in [0.25, 0.3) is 23.1 Å². The summed E-state index contributed by atoms with van der Waals surface area (Å²) in [6.45, 7) is 2.07. The molecule has 22 heavy (non-hydrogen) atoms. The maximum absolute atomic E-state index is 9.60. The van der Waals surface area contributed by atoms with E-state index in [1.165, 1.54) is 12.7 Å². The molecule has 0 saturated carbocycles. The van der Waals surface area contributed by atoms with Crippen LogP contribution in [0.1, 0.15) is 16.8 Å². The first-order valence-electron chi connectivity index (χ1n) is 7.08. The highest BCUT2D eigenvalue weighted by Crippen LogP contribution is 2.27. The number of aryl methyl sites for hydroxylation is 1. The van der Waals surface area contributed by atoms with Crippen molar-refractivity contribution in [3.63, 3.8) is 0 Å². The molecule has 3 heteroatoms. The van der Waals surface area contributed by atoms with Crippen LogP contribution < -0.4 is 4.74 Å². The molecule has 0 radical (unpaired) electrons. The Morgan fingerprint density at radius 1 is 1.00 bits per heavy atom. The number of hydrogen-bond acceptors (Lipinski definition) is 3. The van der Waals surface area contributed by atoms with Gasteiger partial charge in [0, 0.05) is 5.39 Å². The Balaban J connectivity index is 1.90. The predicted molar refractivity (Wildman–Crippen MR) is 90.1 cm³/mol.